The van der Waals surface area contributed by atoms with Crippen molar-refractivity contribution >= 4 is 17.4 Å². The van der Waals surface area contributed by atoms with Gasteiger partial charge in [0.05, 0.1) is 12.3 Å². The Labute approximate surface area is 87.3 Å². The molecular formula is C10H14FNOS. The van der Waals surface area contributed by atoms with E-state index in [0.29, 0.717) is 11.3 Å². The molecule has 0 spiro atoms. The van der Waals surface area contributed by atoms with Gasteiger partial charge in [0.25, 0.3) is 0 Å². The molecule has 0 aliphatic carbocycles. The normalized spacial score (nSPS) is 12.8. The summed E-state index contributed by atoms with van der Waals surface area (Å²) in [4.78, 5) is 0. The topological polar surface area (TPSA) is 46.2 Å². The molecule has 78 valence electrons. The van der Waals surface area contributed by atoms with Crippen molar-refractivity contribution < 1.29 is 9.50 Å². The predicted octanol–water partition coefficient (Wildman–Crippen LogP) is 2.02. The molecule has 1 atom stereocenters. The predicted molar refractivity (Wildman–Crippen MR) is 58.7 cm³/mol. The van der Waals surface area contributed by atoms with Crippen LogP contribution < -0.4 is 5.73 Å². The zero-order valence-electron chi connectivity index (χ0n) is 8.03. The van der Waals surface area contributed by atoms with E-state index in [0.717, 1.165) is 0 Å². The third kappa shape index (κ3) is 2.89. The third-order valence-electron chi connectivity index (χ3n) is 1.89. The Morgan fingerprint density at radius 3 is 2.93 bits per heavy atom. The second kappa shape index (κ2) is 5.22. The molecule has 0 saturated carbocycles. The Hall–Kier alpha value is -0.740. The summed E-state index contributed by atoms with van der Waals surface area (Å²) in [7, 11) is 0. The molecule has 0 bridgehead atoms. The van der Waals surface area contributed by atoms with Crippen molar-refractivity contribution in [3.05, 3.63) is 29.6 Å². The van der Waals surface area contributed by atoms with E-state index in [1.807, 2.05) is 6.92 Å². The van der Waals surface area contributed by atoms with Crippen molar-refractivity contribution in [1.29, 1.82) is 0 Å². The van der Waals surface area contributed by atoms with Gasteiger partial charge in [-0.2, -0.15) is 11.8 Å². The molecule has 14 heavy (non-hydrogen) atoms. The highest BCUT2D eigenvalue weighted by Crippen LogP contribution is 2.22. The monoisotopic (exact) mass is 215 g/mol. The van der Waals surface area contributed by atoms with E-state index < -0.39 is 0 Å². The van der Waals surface area contributed by atoms with Gasteiger partial charge in [0.2, 0.25) is 0 Å². The minimum atomic E-state index is -0.342. The molecule has 1 aromatic rings. The van der Waals surface area contributed by atoms with Crippen LogP contribution in [0.2, 0.25) is 0 Å². The molecule has 0 aromatic heterocycles. The fraction of sp³-hybridized carbons (Fsp3) is 0.400. The Morgan fingerprint density at radius 1 is 1.57 bits per heavy atom. The third-order valence-corrected chi connectivity index (χ3v) is 3.08. The maximum absolute atomic E-state index is 13.4. The van der Waals surface area contributed by atoms with Gasteiger partial charge in [-0.05, 0) is 11.6 Å². The molecule has 0 fully saturated rings. The first-order valence-electron chi connectivity index (χ1n) is 4.40. The number of hydrogen-bond acceptors (Lipinski definition) is 3. The van der Waals surface area contributed by atoms with Gasteiger partial charge in [0.1, 0.15) is 5.82 Å². The molecule has 1 rings (SSSR count). The summed E-state index contributed by atoms with van der Waals surface area (Å²) < 4.78 is 13.4. The van der Waals surface area contributed by atoms with Crippen molar-refractivity contribution in [2.75, 3.05) is 12.3 Å². The second-order valence-electron chi connectivity index (χ2n) is 3.12. The Balaban J connectivity index is 2.63. The standard InChI is InChI=1S/C10H14FNOS/c1-7(5-13)14-6-8-3-2-4-9(12)10(8)11/h2-4,7,13H,5-6,12H2,1H3. The smallest absolute Gasteiger partial charge is 0.150 e. The first kappa shape index (κ1) is 11.3. The van der Waals surface area contributed by atoms with E-state index in [9.17, 15) is 4.39 Å². The Kier molecular flexibility index (Phi) is 4.22. The van der Waals surface area contributed by atoms with E-state index in [2.05, 4.69) is 0 Å². The fourth-order valence-electron chi connectivity index (χ4n) is 0.996. The number of anilines is 1. The zero-order valence-corrected chi connectivity index (χ0v) is 8.85. The number of nitrogen functional groups attached to an aromatic ring is 1. The van der Waals surface area contributed by atoms with E-state index in [1.54, 1.807) is 18.2 Å². The minimum absolute atomic E-state index is 0.106. The first-order valence-corrected chi connectivity index (χ1v) is 5.45. The number of aliphatic hydroxyl groups excluding tert-OH is 1. The van der Waals surface area contributed by atoms with E-state index in [1.165, 1.54) is 11.8 Å². The highest BCUT2D eigenvalue weighted by atomic mass is 32.2. The van der Waals surface area contributed by atoms with Crippen molar-refractivity contribution in [1.82, 2.24) is 0 Å². The SMILES string of the molecule is CC(CO)SCc1cccc(N)c1F. The summed E-state index contributed by atoms with van der Waals surface area (Å²) in [5, 5.41) is 8.92. The highest BCUT2D eigenvalue weighted by Gasteiger charge is 2.07. The summed E-state index contributed by atoms with van der Waals surface area (Å²) in [6.45, 7) is 2.00. The first-order chi connectivity index (χ1) is 6.65. The van der Waals surface area contributed by atoms with Gasteiger partial charge in [-0.3, -0.25) is 0 Å². The van der Waals surface area contributed by atoms with E-state index >= 15 is 0 Å². The van der Waals surface area contributed by atoms with Gasteiger partial charge in [0.15, 0.2) is 0 Å². The van der Waals surface area contributed by atoms with Crippen LogP contribution in [0, 0.1) is 5.82 Å². The van der Waals surface area contributed by atoms with Crippen LogP contribution in [0.1, 0.15) is 12.5 Å². The number of hydrogen-bond donors (Lipinski definition) is 2. The van der Waals surface area contributed by atoms with Crippen molar-refractivity contribution in [3.8, 4) is 0 Å². The van der Waals surface area contributed by atoms with Crippen LogP contribution in [0.4, 0.5) is 10.1 Å². The average Bonchev–Trinajstić information content (AvgIpc) is 2.20. The summed E-state index contributed by atoms with van der Waals surface area (Å²) in [5.74, 6) is 0.198. The van der Waals surface area contributed by atoms with Gasteiger partial charge >= 0.3 is 0 Å². The molecule has 0 aliphatic heterocycles. The molecule has 0 aliphatic rings. The fourth-order valence-corrected chi connectivity index (χ4v) is 1.79. The van der Waals surface area contributed by atoms with Crippen LogP contribution in [-0.4, -0.2) is 17.0 Å². The van der Waals surface area contributed by atoms with Crippen LogP contribution in [0.25, 0.3) is 0 Å². The molecule has 4 heteroatoms. The summed E-state index contributed by atoms with van der Waals surface area (Å²) in [6.07, 6.45) is 0. The lowest BCUT2D eigenvalue weighted by Crippen LogP contribution is -2.03. The lowest BCUT2D eigenvalue weighted by atomic mass is 10.2. The van der Waals surface area contributed by atoms with E-state index in [4.69, 9.17) is 10.8 Å². The number of nitrogens with two attached hydrogens (primary N) is 1. The lowest BCUT2D eigenvalue weighted by molar-refractivity contribution is 0.300. The van der Waals surface area contributed by atoms with Crippen LogP contribution >= 0.6 is 11.8 Å². The van der Waals surface area contributed by atoms with Gasteiger partial charge in [-0.15, -0.1) is 0 Å². The molecule has 1 aromatic carbocycles. The lowest BCUT2D eigenvalue weighted by Gasteiger charge is -2.08. The zero-order chi connectivity index (χ0) is 10.6. The van der Waals surface area contributed by atoms with Gasteiger partial charge < -0.3 is 10.8 Å². The number of aliphatic hydroxyl groups is 1. The summed E-state index contributed by atoms with van der Waals surface area (Å²) in [6, 6.07) is 4.99. The number of benzene rings is 1. The van der Waals surface area contributed by atoms with Crippen LogP contribution in [0.5, 0.6) is 0 Å². The Morgan fingerprint density at radius 2 is 2.29 bits per heavy atom. The Bertz CT molecular complexity index is 306. The van der Waals surface area contributed by atoms with Crippen LogP contribution in [0.3, 0.4) is 0 Å². The maximum atomic E-state index is 13.4. The number of thioether (sulfide) groups is 1. The number of halogens is 1. The summed E-state index contributed by atoms with van der Waals surface area (Å²) >= 11 is 1.51. The molecule has 2 nitrogen and oxygen atoms in total. The van der Waals surface area contributed by atoms with Crippen molar-refractivity contribution in [2.24, 2.45) is 0 Å². The minimum Gasteiger partial charge on any atom is -0.396 e. The maximum Gasteiger partial charge on any atom is 0.150 e. The molecule has 3 N–H and O–H groups in total. The van der Waals surface area contributed by atoms with Gasteiger partial charge in [-0.1, -0.05) is 19.1 Å². The van der Waals surface area contributed by atoms with Crippen LogP contribution in [0.15, 0.2) is 18.2 Å². The quantitative estimate of drug-likeness (QED) is 0.755. The van der Waals surface area contributed by atoms with Gasteiger partial charge in [-0.25, -0.2) is 4.39 Å². The molecule has 0 amide bonds. The molecule has 0 heterocycles. The van der Waals surface area contributed by atoms with Gasteiger partial charge in [0, 0.05) is 11.0 Å². The molecule has 1 unspecified atom stereocenters. The van der Waals surface area contributed by atoms with Crippen molar-refractivity contribution in [3.63, 3.8) is 0 Å². The molecule has 0 saturated heterocycles. The van der Waals surface area contributed by atoms with Crippen LogP contribution in [-0.2, 0) is 5.75 Å². The average molecular weight is 215 g/mol. The highest BCUT2D eigenvalue weighted by molar-refractivity contribution is 7.99. The number of rotatable bonds is 4. The molecular weight excluding hydrogens is 201 g/mol. The summed E-state index contributed by atoms with van der Waals surface area (Å²) in [5.41, 5.74) is 6.20. The van der Waals surface area contributed by atoms with Crippen molar-refractivity contribution in [2.45, 2.75) is 17.9 Å². The second-order valence-corrected chi connectivity index (χ2v) is 4.55. The van der Waals surface area contributed by atoms with E-state index in [-0.39, 0.29) is 23.4 Å². The molecule has 0 radical (unpaired) electrons. The largest absolute Gasteiger partial charge is 0.396 e.